The van der Waals surface area contributed by atoms with E-state index in [1.54, 1.807) is 5.57 Å². The molecule has 2 aliphatic rings. The van der Waals surface area contributed by atoms with Gasteiger partial charge in [-0.2, -0.15) is 0 Å². The van der Waals surface area contributed by atoms with E-state index in [1.807, 2.05) is 0 Å². The molecule has 0 spiro atoms. The molecule has 2 fully saturated rings. The van der Waals surface area contributed by atoms with Gasteiger partial charge in [0.15, 0.2) is 0 Å². The van der Waals surface area contributed by atoms with Crippen LogP contribution in [0.15, 0.2) is 11.6 Å². The van der Waals surface area contributed by atoms with Gasteiger partial charge in [0.2, 0.25) is 0 Å². The van der Waals surface area contributed by atoms with Gasteiger partial charge in [-0.15, -0.1) is 0 Å². The first kappa shape index (κ1) is 10.2. The Labute approximate surface area is 87.8 Å². The third-order valence-corrected chi connectivity index (χ3v) is 3.96. The third-order valence-electron chi connectivity index (χ3n) is 3.96. The molecule has 2 saturated carbocycles. The molecule has 80 valence electrons. The Hall–Kier alpha value is -0.300. The van der Waals surface area contributed by atoms with Crippen molar-refractivity contribution in [3.63, 3.8) is 0 Å². The quantitative estimate of drug-likeness (QED) is 0.684. The summed E-state index contributed by atoms with van der Waals surface area (Å²) < 4.78 is 0. The molecule has 2 aliphatic carbocycles. The summed E-state index contributed by atoms with van der Waals surface area (Å²) in [6.07, 6.45) is 13.9. The average Bonchev–Trinajstić information content (AvgIpc) is 2.18. The highest BCUT2D eigenvalue weighted by atomic mass is 14.5. The Morgan fingerprint density at radius 2 is 1.71 bits per heavy atom. The van der Waals surface area contributed by atoms with Crippen LogP contribution in [0.1, 0.15) is 51.4 Å². The number of hydrogen-bond acceptors (Lipinski definition) is 1. The van der Waals surface area contributed by atoms with Crippen LogP contribution in [0.5, 0.6) is 0 Å². The summed E-state index contributed by atoms with van der Waals surface area (Å²) >= 11 is 0. The normalized spacial score (nSPS) is 26.2. The fraction of sp³-hybridized carbons (Fsp3) is 0.846. The highest BCUT2D eigenvalue weighted by molar-refractivity contribution is 5.12. The summed E-state index contributed by atoms with van der Waals surface area (Å²) in [5, 5.41) is 0. The summed E-state index contributed by atoms with van der Waals surface area (Å²) in [5.41, 5.74) is 7.44. The summed E-state index contributed by atoms with van der Waals surface area (Å²) in [6, 6.07) is 0. The molecule has 0 aromatic carbocycles. The molecule has 0 bridgehead atoms. The molecule has 0 aromatic rings. The zero-order chi connectivity index (χ0) is 9.80. The molecule has 0 radical (unpaired) electrons. The van der Waals surface area contributed by atoms with E-state index in [0.717, 1.165) is 18.4 Å². The van der Waals surface area contributed by atoms with Crippen LogP contribution >= 0.6 is 0 Å². The van der Waals surface area contributed by atoms with Crippen molar-refractivity contribution < 1.29 is 0 Å². The van der Waals surface area contributed by atoms with E-state index in [1.165, 1.54) is 51.4 Å². The minimum Gasteiger partial charge on any atom is -0.327 e. The predicted octanol–water partition coefficient (Wildman–Crippen LogP) is 3.25. The molecule has 0 aliphatic heterocycles. The number of allylic oxidation sites excluding steroid dienone is 1. The maximum absolute atomic E-state index is 5.86. The monoisotopic (exact) mass is 193 g/mol. The van der Waals surface area contributed by atoms with E-state index < -0.39 is 0 Å². The topological polar surface area (TPSA) is 26.0 Å². The van der Waals surface area contributed by atoms with Crippen LogP contribution in [0.4, 0.5) is 0 Å². The van der Waals surface area contributed by atoms with Gasteiger partial charge in [-0.3, -0.25) is 0 Å². The van der Waals surface area contributed by atoms with Gasteiger partial charge >= 0.3 is 0 Å². The first-order valence-electron chi connectivity index (χ1n) is 6.31. The van der Waals surface area contributed by atoms with Crippen molar-refractivity contribution in [1.82, 2.24) is 0 Å². The third kappa shape index (κ3) is 2.38. The van der Waals surface area contributed by atoms with Crippen molar-refractivity contribution in [2.45, 2.75) is 51.4 Å². The zero-order valence-electron chi connectivity index (χ0n) is 9.17. The smallest absolute Gasteiger partial charge is 0.0139 e. The molecule has 1 heteroatoms. The van der Waals surface area contributed by atoms with Gasteiger partial charge in [0.1, 0.15) is 0 Å². The van der Waals surface area contributed by atoms with E-state index in [4.69, 9.17) is 5.73 Å². The van der Waals surface area contributed by atoms with Crippen molar-refractivity contribution in [2.75, 3.05) is 6.54 Å². The van der Waals surface area contributed by atoms with Crippen molar-refractivity contribution >= 4 is 0 Å². The second kappa shape index (κ2) is 4.97. The van der Waals surface area contributed by atoms with Crippen molar-refractivity contribution in [1.29, 1.82) is 0 Å². The number of nitrogens with two attached hydrogens (primary N) is 1. The first-order valence-corrected chi connectivity index (χ1v) is 6.31. The predicted molar refractivity (Wildman–Crippen MR) is 61.1 cm³/mol. The minimum absolute atomic E-state index is 0.807. The average molecular weight is 193 g/mol. The molecular formula is C13H23N. The van der Waals surface area contributed by atoms with Gasteiger partial charge < -0.3 is 5.73 Å². The SMILES string of the molecule is NC/C(=C/C1CCC1)C1CCCCC1. The van der Waals surface area contributed by atoms with Crippen LogP contribution in [0.3, 0.4) is 0 Å². The van der Waals surface area contributed by atoms with Crippen LogP contribution in [0.25, 0.3) is 0 Å². The van der Waals surface area contributed by atoms with E-state index >= 15 is 0 Å². The van der Waals surface area contributed by atoms with Gasteiger partial charge in [-0.05, 0) is 37.5 Å². The molecule has 1 nitrogen and oxygen atoms in total. The molecule has 0 unspecified atom stereocenters. The van der Waals surface area contributed by atoms with Crippen molar-refractivity contribution in [2.24, 2.45) is 17.6 Å². The second-order valence-electron chi connectivity index (χ2n) is 4.97. The van der Waals surface area contributed by atoms with E-state index in [2.05, 4.69) is 6.08 Å². The molecule has 0 atom stereocenters. The Kier molecular flexibility index (Phi) is 3.63. The van der Waals surface area contributed by atoms with Crippen LogP contribution in [-0.4, -0.2) is 6.54 Å². The van der Waals surface area contributed by atoms with Crippen molar-refractivity contribution in [3.05, 3.63) is 11.6 Å². The molecule has 2 rings (SSSR count). The van der Waals surface area contributed by atoms with Crippen LogP contribution in [0, 0.1) is 11.8 Å². The van der Waals surface area contributed by atoms with E-state index in [9.17, 15) is 0 Å². The summed E-state index contributed by atoms with van der Waals surface area (Å²) in [6.45, 7) is 0.807. The fourth-order valence-corrected chi connectivity index (χ4v) is 2.75. The summed E-state index contributed by atoms with van der Waals surface area (Å²) in [7, 11) is 0. The second-order valence-corrected chi connectivity index (χ2v) is 4.97. The molecule has 2 N–H and O–H groups in total. The Morgan fingerprint density at radius 1 is 1.00 bits per heavy atom. The zero-order valence-corrected chi connectivity index (χ0v) is 9.17. The van der Waals surface area contributed by atoms with E-state index in [0.29, 0.717) is 0 Å². The van der Waals surface area contributed by atoms with E-state index in [-0.39, 0.29) is 0 Å². The molecule has 0 heterocycles. The maximum Gasteiger partial charge on any atom is 0.0139 e. The highest BCUT2D eigenvalue weighted by Gasteiger charge is 2.20. The van der Waals surface area contributed by atoms with Crippen LogP contribution in [-0.2, 0) is 0 Å². The maximum atomic E-state index is 5.86. The van der Waals surface area contributed by atoms with Crippen LogP contribution < -0.4 is 5.73 Å². The lowest BCUT2D eigenvalue weighted by atomic mass is 9.78. The van der Waals surface area contributed by atoms with Gasteiger partial charge in [0, 0.05) is 6.54 Å². The Bertz CT molecular complexity index is 197. The lowest BCUT2D eigenvalue weighted by Gasteiger charge is -2.28. The standard InChI is InChI=1S/C13H23N/c14-10-13(9-11-5-4-6-11)12-7-2-1-3-8-12/h9,11-12H,1-8,10,14H2/b13-9-. The molecule has 0 aromatic heterocycles. The molecule has 0 saturated heterocycles. The first-order chi connectivity index (χ1) is 6.90. The fourth-order valence-electron chi connectivity index (χ4n) is 2.75. The van der Waals surface area contributed by atoms with Crippen molar-refractivity contribution in [3.8, 4) is 0 Å². The lowest BCUT2D eigenvalue weighted by Crippen LogP contribution is -2.19. The summed E-state index contributed by atoms with van der Waals surface area (Å²) in [4.78, 5) is 0. The van der Waals surface area contributed by atoms with Gasteiger partial charge in [0.25, 0.3) is 0 Å². The highest BCUT2D eigenvalue weighted by Crippen LogP contribution is 2.34. The van der Waals surface area contributed by atoms with Gasteiger partial charge in [0.05, 0.1) is 0 Å². The van der Waals surface area contributed by atoms with Crippen LogP contribution in [0.2, 0.25) is 0 Å². The molecule has 14 heavy (non-hydrogen) atoms. The largest absolute Gasteiger partial charge is 0.327 e. The Balaban J connectivity index is 1.92. The number of hydrogen-bond donors (Lipinski definition) is 1. The van der Waals surface area contributed by atoms with Gasteiger partial charge in [-0.1, -0.05) is 37.3 Å². The van der Waals surface area contributed by atoms with Gasteiger partial charge in [-0.25, -0.2) is 0 Å². The Morgan fingerprint density at radius 3 is 2.21 bits per heavy atom. The molecule has 0 amide bonds. The number of rotatable bonds is 3. The lowest BCUT2D eigenvalue weighted by molar-refractivity contribution is 0.367. The minimum atomic E-state index is 0.807. The summed E-state index contributed by atoms with van der Waals surface area (Å²) in [5.74, 6) is 1.73. The molecular weight excluding hydrogens is 170 g/mol.